The lowest BCUT2D eigenvalue weighted by Gasteiger charge is -2.44. The predicted octanol–water partition coefficient (Wildman–Crippen LogP) is 3.41. The third kappa shape index (κ3) is 4.22. The first kappa shape index (κ1) is 20.1. The lowest BCUT2D eigenvalue weighted by atomic mass is 9.87. The van der Waals surface area contributed by atoms with Crippen molar-refractivity contribution in [2.24, 2.45) is 0 Å². The van der Waals surface area contributed by atoms with Crippen LogP contribution in [-0.4, -0.2) is 43.9 Å². The molecule has 7 heteroatoms. The normalized spacial score (nSPS) is 17.5. The molecule has 0 bridgehead atoms. The van der Waals surface area contributed by atoms with E-state index in [2.05, 4.69) is 36.0 Å². The summed E-state index contributed by atoms with van der Waals surface area (Å²) >= 11 is 1.40. The number of carbonyl (C=O) groups is 1. The van der Waals surface area contributed by atoms with Gasteiger partial charge in [-0.15, -0.1) is 11.3 Å². The molecule has 1 fully saturated rings. The monoisotopic (exact) mass is 412 g/mol. The van der Waals surface area contributed by atoms with Crippen molar-refractivity contribution in [1.82, 2.24) is 19.6 Å². The fraction of sp³-hybridized carbons (Fsp3) is 0.455. The number of likely N-dealkylation sites (tertiary alicyclic amines) is 1. The van der Waals surface area contributed by atoms with Gasteiger partial charge >= 0.3 is 0 Å². The Labute approximate surface area is 175 Å². The highest BCUT2D eigenvalue weighted by Crippen LogP contribution is 2.38. The topological polar surface area (TPSA) is 69.9 Å². The second-order valence-electron chi connectivity index (χ2n) is 8.76. The SMILES string of the molecule is CC(C)(C)N1CCC(O)(c2ccc(C(=O)NCc3ccn4ccnc4c3)s2)CC1. The second kappa shape index (κ2) is 7.55. The van der Waals surface area contributed by atoms with Crippen LogP contribution in [0.2, 0.25) is 0 Å². The number of thiophene rings is 1. The molecular weight excluding hydrogens is 384 g/mol. The van der Waals surface area contributed by atoms with Gasteiger partial charge in [0, 0.05) is 48.6 Å². The molecule has 154 valence electrons. The van der Waals surface area contributed by atoms with Gasteiger partial charge in [-0.2, -0.15) is 0 Å². The first-order chi connectivity index (χ1) is 13.7. The van der Waals surface area contributed by atoms with Crippen LogP contribution < -0.4 is 5.32 Å². The summed E-state index contributed by atoms with van der Waals surface area (Å²) in [5.74, 6) is -0.111. The summed E-state index contributed by atoms with van der Waals surface area (Å²) in [5, 5.41) is 14.1. The van der Waals surface area contributed by atoms with Crippen molar-refractivity contribution in [3.63, 3.8) is 0 Å². The third-order valence-corrected chi connectivity index (χ3v) is 7.02. The Morgan fingerprint density at radius 1 is 1.24 bits per heavy atom. The Bertz CT molecular complexity index is 1010. The molecule has 0 saturated carbocycles. The fourth-order valence-electron chi connectivity index (χ4n) is 3.84. The number of imidazole rings is 1. The van der Waals surface area contributed by atoms with Crippen LogP contribution in [0.15, 0.2) is 42.9 Å². The number of hydrogen-bond acceptors (Lipinski definition) is 5. The summed E-state index contributed by atoms with van der Waals surface area (Å²) in [5.41, 5.74) is 1.14. The van der Waals surface area contributed by atoms with Crippen LogP contribution in [0.25, 0.3) is 5.65 Å². The number of pyridine rings is 1. The van der Waals surface area contributed by atoms with Gasteiger partial charge in [0.25, 0.3) is 5.91 Å². The van der Waals surface area contributed by atoms with Crippen LogP contribution in [0.5, 0.6) is 0 Å². The number of nitrogens with one attached hydrogen (secondary N) is 1. The van der Waals surface area contributed by atoms with Gasteiger partial charge in [0.1, 0.15) is 11.2 Å². The van der Waals surface area contributed by atoms with Crippen molar-refractivity contribution in [3.8, 4) is 0 Å². The Kier molecular flexibility index (Phi) is 5.23. The summed E-state index contributed by atoms with van der Waals surface area (Å²) < 4.78 is 1.93. The van der Waals surface area contributed by atoms with Crippen LogP contribution in [0, 0.1) is 0 Å². The van der Waals surface area contributed by atoms with Crippen LogP contribution in [0.3, 0.4) is 0 Å². The summed E-state index contributed by atoms with van der Waals surface area (Å²) in [6.07, 6.45) is 6.96. The van der Waals surface area contributed by atoms with Crippen LogP contribution in [-0.2, 0) is 12.1 Å². The molecule has 0 unspecified atom stereocenters. The quantitative estimate of drug-likeness (QED) is 0.689. The van der Waals surface area contributed by atoms with Crippen molar-refractivity contribution in [2.45, 2.75) is 51.3 Å². The number of piperidine rings is 1. The van der Waals surface area contributed by atoms with Gasteiger partial charge < -0.3 is 14.8 Å². The Hall–Kier alpha value is -2.22. The zero-order valence-electron chi connectivity index (χ0n) is 17.2. The molecule has 1 aliphatic heterocycles. The molecule has 6 nitrogen and oxygen atoms in total. The van der Waals surface area contributed by atoms with Gasteiger partial charge in [0.05, 0.1) is 4.88 Å². The van der Waals surface area contributed by atoms with Crippen LogP contribution in [0.4, 0.5) is 0 Å². The summed E-state index contributed by atoms with van der Waals surface area (Å²) in [6, 6.07) is 7.66. The number of fused-ring (bicyclic) bond motifs is 1. The smallest absolute Gasteiger partial charge is 0.261 e. The molecule has 4 heterocycles. The average molecular weight is 413 g/mol. The highest BCUT2D eigenvalue weighted by atomic mass is 32.1. The maximum Gasteiger partial charge on any atom is 0.261 e. The summed E-state index contributed by atoms with van der Waals surface area (Å²) in [6.45, 7) is 8.77. The molecule has 1 amide bonds. The van der Waals surface area contributed by atoms with Gasteiger partial charge in [-0.05, 0) is 63.4 Å². The third-order valence-electron chi connectivity index (χ3n) is 5.74. The highest BCUT2D eigenvalue weighted by Gasteiger charge is 2.38. The standard InChI is InChI=1S/C22H28N4O2S/c1-21(2,3)26-11-7-22(28,8-12-26)18-5-4-17(29-18)20(27)24-15-16-6-10-25-13-9-23-19(25)14-16/h4-6,9-10,13-14,28H,7-8,11-12,15H2,1-3H3,(H,24,27). The van der Waals surface area contributed by atoms with Gasteiger partial charge in [-0.3, -0.25) is 9.69 Å². The number of aromatic nitrogens is 2. The minimum absolute atomic E-state index is 0.111. The minimum Gasteiger partial charge on any atom is -0.384 e. The molecule has 3 aromatic heterocycles. The van der Waals surface area contributed by atoms with E-state index < -0.39 is 5.60 Å². The molecule has 29 heavy (non-hydrogen) atoms. The number of hydrogen-bond donors (Lipinski definition) is 2. The van der Waals surface area contributed by atoms with Crippen LogP contribution >= 0.6 is 11.3 Å². The largest absolute Gasteiger partial charge is 0.384 e. The minimum atomic E-state index is -0.837. The molecule has 4 rings (SSSR count). The molecule has 1 saturated heterocycles. The second-order valence-corrected chi connectivity index (χ2v) is 9.85. The maximum atomic E-state index is 12.6. The van der Waals surface area contributed by atoms with Gasteiger partial charge in [0.2, 0.25) is 0 Å². The van der Waals surface area contributed by atoms with Gasteiger partial charge in [-0.1, -0.05) is 0 Å². The Balaban J connectivity index is 1.38. The van der Waals surface area contributed by atoms with E-state index in [4.69, 9.17) is 0 Å². The molecule has 0 aliphatic carbocycles. The molecule has 0 aromatic carbocycles. The fourth-order valence-corrected chi connectivity index (χ4v) is 4.90. The van der Waals surface area contributed by atoms with E-state index in [0.717, 1.165) is 29.2 Å². The molecule has 0 radical (unpaired) electrons. The lowest BCUT2D eigenvalue weighted by molar-refractivity contribution is -0.0436. The molecule has 0 atom stereocenters. The zero-order valence-corrected chi connectivity index (χ0v) is 18.0. The average Bonchev–Trinajstić information content (AvgIpc) is 3.35. The molecule has 2 N–H and O–H groups in total. The van der Waals surface area contributed by atoms with Crippen molar-refractivity contribution in [3.05, 3.63) is 58.2 Å². The summed E-state index contributed by atoms with van der Waals surface area (Å²) in [4.78, 5) is 20.8. The lowest BCUT2D eigenvalue weighted by Crippen LogP contribution is -2.50. The predicted molar refractivity (Wildman–Crippen MR) is 115 cm³/mol. The van der Waals surface area contributed by atoms with Gasteiger partial charge in [0.15, 0.2) is 0 Å². The Morgan fingerprint density at radius 3 is 2.72 bits per heavy atom. The number of aliphatic hydroxyl groups is 1. The van der Waals surface area contributed by atoms with E-state index in [0.29, 0.717) is 24.3 Å². The first-order valence-corrected chi connectivity index (χ1v) is 10.8. The number of nitrogens with zero attached hydrogens (tertiary/aromatic N) is 3. The van der Waals surface area contributed by atoms with Crippen molar-refractivity contribution in [2.75, 3.05) is 13.1 Å². The first-order valence-electron chi connectivity index (χ1n) is 10.0. The molecular formula is C22H28N4O2S. The summed E-state index contributed by atoms with van der Waals surface area (Å²) in [7, 11) is 0. The van der Waals surface area contributed by atoms with Crippen molar-refractivity contribution < 1.29 is 9.90 Å². The van der Waals surface area contributed by atoms with Gasteiger partial charge in [-0.25, -0.2) is 4.98 Å². The number of rotatable bonds is 4. The zero-order chi connectivity index (χ0) is 20.6. The number of amides is 1. The maximum absolute atomic E-state index is 12.6. The van der Waals surface area contributed by atoms with Crippen molar-refractivity contribution in [1.29, 1.82) is 0 Å². The molecule has 3 aromatic rings. The number of carbonyl (C=O) groups excluding carboxylic acids is 1. The highest BCUT2D eigenvalue weighted by molar-refractivity contribution is 7.14. The van der Waals surface area contributed by atoms with E-state index in [1.54, 1.807) is 6.20 Å². The van der Waals surface area contributed by atoms with E-state index in [9.17, 15) is 9.90 Å². The molecule has 0 spiro atoms. The molecule has 1 aliphatic rings. The van der Waals surface area contributed by atoms with Crippen LogP contribution in [0.1, 0.15) is 53.7 Å². The van der Waals surface area contributed by atoms with E-state index in [1.165, 1.54) is 11.3 Å². The van der Waals surface area contributed by atoms with E-state index in [1.807, 2.05) is 41.1 Å². The van der Waals surface area contributed by atoms with E-state index >= 15 is 0 Å². The van der Waals surface area contributed by atoms with Crippen molar-refractivity contribution >= 4 is 22.9 Å². The van der Waals surface area contributed by atoms with E-state index in [-0.39, 0.29) is 11.4 Å². The Morgan fingerprint density at radius 2 is 2.00 bits per heavy atom.